The molecule has 1 heteroatoms. The van der Waals surface area contributed by atoms with Gasteiger partial charge in [0.15, 0.2) is 0 Å². The van der Waals surface area contributed by atoms with E-state index in [4.69, 9.17) is 0 Å². The van der Waals surface area contributed by atoms with Gasteiger partial charge in [0.2, 0.25) is 0 Å². The fraction of sp³-hybridized carbons (Fsp3) is 1.00. The van der Waals surface area contributed by atoms with Crippen molar-refractivity contribution >= 4 is 8.58 Å². The Hall–Kier alpha value is 0.430. The maximum atomic E-state index is 1.53. The van der Waals surface area contributed by atoms with Gasteiger partial charge in [-0.1, -0.05) is 70.6 Å². The lowest BCUT2D eigenvalue weighted by Gasteiger charge is -2.05. The molecule has 1 aliphatic rings. The van der Waals surface area contributed by atoms with Crippen molar-refractivity contribution in [1.29, 1.82) is 0 Å². The van der Waals surface area contributed by atoms with E-state index in [1.165, 1.54) is 104 Å². The molecule has 0 aliphatic carbocycles. The molecule has 0 aromatic rings. The summed E-state index contributed by atoms with van der Waals surface area (Å²) in [4.78, 5) is 0. The molecule has 1 heterocycles. The Balaban J connectivity index is 2.00. The number of rotatable bonds is 0. The van der Waals surface area contributed by atoms with Gasteiger partial charge < -0.3 is 0 Å². The summed E-state index contributed by atoms with van der Waals surface area (Å²) in [6.45, 7) is 0. The highest BCUT2D eigenvalue weighted by Gasteiger charge is 1.96. The quantitative estimate of drug-likeness (QED) is 0.474. The Kier molecular flexibility index (Phi) is 10.8. The third kappa shape index (κ3) is 9.64. The molecule has 0 atom stereocenters. The van der Waals surface area contributed by atoms with Crippen LogP contribution in [0.25, 0.3) is 0 Å². The third-order valence-corrected chi connectivity index (χ3v) is 5.12. The Morgan fingerprint density at radius 3 is 0.875 bits per heavy atom. The predicted molar refractivity (Wildman–Crippen MR) is 78.1 cm³/mol. The lowest BCUT2D eigenvalue weighted by Crippen LogP contribution is -1.87. The first-order valence-electron chi connectivity index (χ1n) is 7.71. The van der Waals surface area contributed by atoms with E-state index in [0.29, 0.717) is 0 Å². The molecule has 0 saturated carbocycles. The maximum Gasteiger partial charge on any atom is -0.0353 e. The molecule has 0 bridgehead atoms. The second-order valence-corrected chi connectivity index (χ2v) is 6.85. The van der Waals surface area contributed by atoms with Crippen LogP contribution in [-0.2, 0) is 0 Å². The fourth-order valence-corrected chi connectivity index (χ4v) is 3.82. The van der Waals surface area contributed by atoms with Crippen molar-refractivity contribution in [3.05, 3.63) is 0 Å². The molecule has 0 N–H and O–H groups in total. The van der Waals surface area contributed by atoms with Crippen molar-refractivity contribution in [2.75, 3.05) is 12.3 Å². The van der Waals surface area contributed by atoms with Gasteiger partial charge in [-0.05, 0) is 25.2 Å². The molecule has 0 radical (unpaired) electrons. The average molecular weight is 242 g/mol. The van der Waals surface area contributed by atoms with E-state index in [2.05, 4.69) is 0 Å². The van der Waals surface area contributed by atoms with Crippen LogP contribution >= 0.6 is 8.58 Å². The summed E-state index contributed by atoms with van der Waals surface area (Å²) in [7, 11) is 1.27. The molecule has 16 heavy (non-hydrogen) atoms. The van der Waals surface area contributed by atoms with Gasteiger partial charge in [0, 0.05) is 0 Å². The van der Waals surface area contributed by atoms with Crippen molar-refractivity contribution in [3.63, 3.8) is 0 Å². The molecular weight excluding hydrogens is 211 g/mol. The smallest absolute Gasteiger partial charge is 0.0353 e. The first-order valence-corrected chi connectivity index (χ1v) is 9.12. The molecule has 0 unspecified atom stereocenters. The molecular formula is C15H31P. The summed E-state index contributed by atoms with van der Waals surface area (Å²) in [6.07, 6.45) is 22.6. The molecule has 1 rings (SSSR count). The zero-order chi connectivity index (χ0) is 11.3. The number of hydrogen-bond donors (Lipinski definition) is 0. The van der Waals surface area contributed by atoms with Gasteiger partial charge in [-0.2, -0.15) is 0 Å². The van der Waals surface area contributed by atoms with E-state index >= 15 is 0 Å². The molecule has 0 amide bonds. The zero-order valence-corrected chi connectivity index (χ0v) is 12.1. The largest absolute Gasteiger partial charge is 0.122 e. The second-order valence-electron chi connectivity index (χ2n) is 5.35. The van der Waals surface area contributed by atoms with Gasteiger partial charge >= 0.3 is 0 Å². The van der Waals surface area contributed by atoms with E-state index < -0.39 is 0 Å². The SMILES string of the molecule is C1CCCCCCCPCCCCCCC1. The summed E-state index contributed by atoms with van der Waals surface area (Å²) in [5, 5.41) is 0. The van der Waals surface area contributed by atoms with E-state index in [0.717, 1.165) is 0 Å². The van der Waals surface area contributed by atoms with Crippen LogP contribution in [0.15, 0.2) is 0 Å². The highest BCUT2D eigenvalue weighted by atomic mass is 31.1. The van der Waals surface area contributed by atoms with Crippen LogP contribution in [0, 0.1) is 0 Å². The average Bonchev–Trinajstić information content (AvgIpc) is 2.29. The Labute approximate surface area is 105 Å². The van der Waals surface area contributed by atoms with Crippen molar-refractivity contribution in [1.82, 2.24) is 0 Å². The van der Waals surface area contributed by atoms with Gasteiger partial charge in [0.1, 0.15) is 0 Å². The van der Waals surface area contributed by atoms with E-state index in [1.807, 2.05) is 0 Å². The van der Waals surface area contributed by atoms with Gasteiger partial charge in [-0.3, -0.25) is 0 Å². The lowest BCUT2D eigenvalue weighted by molar-refractivity contribution is 0.542. The van der Waals surface area contributed by atoms with Crippen molar-refractivity contribution < 1.29 is 0 Å². The van der Waals surface area contributed by atoms with Crippen molar-refractivity contribution in [3.8, 4) is 0 Å². The van der Waals surface area contributed by atoms with Crippen LogP contribution in [0.5, 0.6) is 0 Å². The Morgan fingerprint density at radius 1 is 0.312 bits per heavy atom. The molecule has 0 nitrogen and oxygen atoms in total. The third-order valence-electron chi connectivity index (χ3n) is 3.71. The number of hydrogen-bond acceptors (Lipinski definition) is 0. The van der Waals surface area contributed by atoms with Crippen LogP contribution in [-0.4, -0.2) is 12.3 Å². The van der Waals surface area contributed by atoms with Crippen LogP contribution < -0.4 is 0 Å². The molecule has 96 valence electrons. The minimum absolute atomic E-state index is 1.27. The monoisotopic (exact) mass is 242 g/mol. The topological polar surface area (TPSA) is 0 Å². The minimum atomic E-state index is 1.27. The van der Waals surface area contributed by atoms with E-state index in [-0.39, 0.29) is 0 Å². The Morgan fingerprint density at radius 2 is 0.562 bits per heavy atom. The van der Waals surface area contributed by atoms with Gasteiger partial charge in [-0.15, -0.1) is 8.58 Å². The van der Waals surface area contributed by atoms with Gasteiger partial charge in [-0.25, -0.2) is 0 Å². The van der Waals surface area contributed by atoms with Gasteiger partial charge in [0.25, 0.3) is 0 Å². The predicted octanol–water partition coefficient (Wildman–Crippen LogP) is 5.75. The maximum absolute atomic E-state index is 1.53. The summed E-state index contributed by atoms with van der Waals surface area (Å²) >= 11 is 0. The summed E-state index contributed by atoms with van der Waals surface area (Å²) in [5.74, 6) is 0. The Bertz CT molecular complexity index is 69.4. The molecule has 0 spiro atoms. The summed E-state index contributed by atoms with van der Waals surface area (Å²) in [5.41, 5.74) is 0. The van der Waals surface area contributed by atoms with Crippen molar-refractivity contribution in [2.24, 2.45) is 0 Å². The van der Waals surface area contributed by atoms with Crippen LogP contribution in [0.1, 0.15) is 83.5 Å². The molecule has 1 fully saturated rings. The van der Waals surface area contributed by atoms with Crippen LogP contribution in [0.2, 0.25) is 0 Å². The first-order chi connectivity index (χ1) is 8.00. The van der Waals surface area contributed by atoms with E-state index in [1.54, 1.807) is 0 Å². The minimum Gasteiger partial charge on any atom is -0.122 e. The van der Waals surface area contributed by atoms with Crippen LogP contribution in [0.4, 0.5) is 0 Å². The van der Waals surface area contributed by atoms with Crippen molar-refractivity contribution in [2.45, 2.75) is 83.5 Å². The fourth-order valence-electron chi connectivity index (χ4n) is 2.57. The molecule has 0 aromatic heterocycles. The molecule has 1 aliphatic heterocycles. The first kappa shape index (κ1) is 14.5. The molecule has 0 aromatic carbocycles. The standard InChI is InChI=1S/C15H31P/c1-2-4-6-8-10-12-14-16-15-13-11-9-7-5-3-1/h16H,1-15H2. The second kappa shape index (κ2) is 11.9. The highest BCUT2D eigenvalue weighted by molar-refractivity contribution is 7.37. The highest BCUT2D eigenvalue weighted by Crippen LogP contribution is 2.19. The summed E-state index contributed by atoms with van der Waals surface area (Å²) in [6, 6.07) is 0. The lowest BCUT2D eigenvalue weighted by atomic mass is 10.0. The van der Waals surface area contributed by atoms with Gasteiger partial charge in [0.05, 0.1) is 0 Å². The molecule has 1 saturated heterocycles. The zero-order valence-electron chi connectivity index (χ0n) is 11.1. The van der Waals surface area contributed by atoms with Crippen LogP contribution in [0.3, 0.4) is 0 Å². The normalized spacial score (nSPS) is 24.0. The van der Waals surface area contributed by atoms with E-state index in [9.17, 15) is 0 Å². The summed E-state index contributed by atoms with van der Waals surface area (Å²) < 4.78 is 0.